The Morgan fingerprint density at radius 2 is 2.21 bits per heavy atom. The highest BCUT2D eigenvalue weighted by Gasteiger charge is 2.24. The lowest BCUT2D eigenvalue weighted by atomic mass is 10.2. The first kappa shape index (κ1) is 9.90. The molecule has 76 valence electrons. The van der Waals surface area contributed by atoms with Crippen LogP contribution in [0.25, 0.3) is 0 Å². The molecular formula is C7H9N3O4. The molecule has 7 nitrogen and oxygen atoms in total. The van der Waals surface area contributed by atoms with Crippen LogP contribution >= 0.6 is 0 Å². The molecule has 0 saturated heterocycles. The van der Waals surface area contributed by atoms with E-state index in [4.69, 9.17) is 26.0 Å². The van der Waals surface area contributed by atoms with Gasteiger partial charge in [-0.2, -0.15) is 0 Å². The minimum absolute atomic E-state index is 0.00778. The van der Waals surface area contributed by atoms with Crippen molar-refractivity contribution in [2.75, 3.05) is 0 Å². The third kappa shape index (κ3) is 2.41. The summed E-state index contributed by atoms with van der Waals surface area (Å²) in [7, 11) is 0. The molecule has 1 aliphatic rings. The van der Waals surface area contributed by atoms with Crippen molar-refractivity contribution >= 4 is 11.9 Å². The highest BCUT2D eigenvalue weighted by atomic mass is 16.5. The lowest BCUT2D eigenvalue weighted by Crippen LogP contribution is -2.30. The molecule has 0 amide bonds. The summed E-state index contributed by atoms with van der Waals surface area (Å²) in [5.74, 6) is -1.56. The van der Waals surface area contributed by atoms with E-state index in [1.807, 2.05) is 0 Å². The fourth-order valence-electron chi connectivity index (χ4n) is 0.791. The van der Waals surface area contributed by atoms with Crippen LogP contribution in [-0.4, -0.2) is 23.1 Å². The molecule has 0 saturated carbocycles. The Hall–Kier alpha value is -2.18. The normalized spacial score (nSPS) is 15.9. The van der Waals surface area contributed by atoms with Crippen molar-refractivity contribution in [1.82, 2.24) is 0 Å². The van der Waals surface area contributed by atoms with Crippen LogP contribution in [0.5, 0.6) is 0 Å². The van der Waals surface area contributed by atoms with Crippen molar-refractivity contribution in [3.05, 3.63) is 24.5 Å². The van der Waals surface area contributed by atoms with Crippen LogP contribution in [0.1, 0.15) is 0 Å². The number of hydrogen-bond donors (Lipinski definition) is 3. The van der Waals surface area contributed by atoms with Gasteiger partial charge < -0.3 is 26.0 Å². The van der Waals surface area contributed by atoms with Crippen molar-refractivity contribution in [3.8, 4) is 0 Å². The van der Waals surface area contributed by atoms with Gasteiger partial charge in [-0.1, -0.05) is 0 Å². The Morgan fingerprint density at radius 1 is 1.50 bits per heavy atom. The van der Waals surface area contributed by atoms with Crippen LogP contribution in [0.4, 0.5) is 0 Å². The molecule has 0 aliphatic carbocycles. The Balaban J connectivity index is 2.83. The zero-order valence-corrected chi connectivity index (χ0v) is 7.08. The van der Waals surface area contributed by atoms with Gasteiger partial charge in [-0.3, -0.25) is 0 Å². The SMILES string of the molecule is NC(N)=NC(C(=O)O)C1=COC=CO1. The molecule has 0 spiro atoms. The molecule has 1 aliphatic heterocycles. The van der Waals surface area contributed by atoms with Crippen LogP contribution in [0, 0.1) is 0 Å². The van der Waals surface area contributed by atoms with E-state index in [0.29, 0.717) is 0 Å². The second kappa shape index (κ2) is 4.17. The van der Waals surface area contributed by atoms with E-state index in [2.05, 4.69) is 4.99 Å². The highest BCUT2D eigenvalue weighted by Crippen LogP contribution is 2.13. The summed E-state index contributed by atoms with van der Waals surface area (Å²) in [6.45, 7) is 0. The maximum atomic E-state index is 10.7. The second-order valence-electron chi connectivity index (χ2n) is 2.34. The van der Waals surface area contributed by atoms with Crippen LogP contribution in [0.15, 0.2) is 29.5 Å². The number of carboxylic acids is 1. The number of rotatable bonds is 3. The largest absolute Gasteiger partial charge is 0.479 e. The first-order valence-corrected chi connectivity index (χ1v) is 3.60. The first-order chi connectivity index (χ1) is 6.61. The van der Waals surface area contributed by atoms with Crippen molar-refractivity contribution in [2.45, 2.75) is 6.04 Å². The third-order valence-electron chi connectivity index (χ3n) is 1.30. The van der Waals surface area contributed by atoms with Crippen molar-refractivity contribution in [1.29, 1.82) is 0 Å². The van der Waals surface area contributed by atoms with Crippen molar-refractivity contribution in [3.63, 3.8) is 0 Å². The monoisotopic (exact) mass is 199 g/mol. The van der Waals surface area contributed by atoms with Gasteiger partial charge in [0.25, 0.3) is 0 Å². The number of aliphatic imine (C=N–C) groups is 1. The summed E-state index contributed by atoms with van der Waals surface area (Å²) in [6, 6.07) is -1.29. The van der Waals surface area contributed by atoms with E-state index >= 15 is 0 Å². The first-order valence-electron chi connectivity index (χ1n) is 3.60. The smallest absolute Gasteiger partial charge is 0.336 e. The van der Waals surface area contributed by atoms with Gasteiger partial charge in [-0.05, 0) is 0 Å². The number of ether oxygens (including phenoxy) is 2. The molecule has 7 heteroatoms. The summed E-state index contributed by atoms with van der Waals surface area (Å²) in [5, 5.41) is 8.76. The zero-order chi connectivity index (χ0) is 10.6. The number of carbonyl (C=O) groups is 1. The van der Waals surface area contributed by atoms with Gasteiger partial charge in [-0.15, -0.1) is 0 Å². The van der Waals surface area contributed by atoms with Crippen LogP contribution in [0.3, 0.4) is 0 Å². The lowest BCUT2D eigenvalue weighted by Gasteiger charge is -2.13. The van der Waals surface area contributed by atoms with Crippen molar-refractivity contribution in [2.24, 2.45) is 16.5 Å². The molecule has 0 bridgehead atoms. The van der Waals surface area contributed by atoms with Gasteiger partial charge in [0.05, 0.1) is 0 Å². The van der Waals surface area contributed by atoms with Gasteiger partial charge in [0.1, 0.15) is 18.8 Å². The number of aliphatic carboxylic acids is 1. The average molecular weight is 199 g/mol. The minimum atomic E-state index is -1.29. The van der Waals surface area contributed by atoms with Crippen molar-refractivity contribution < 1.29 is 19.4 Å². The fraction of sp³-hybridized carbons (Fsp3) is 0.143. The van der Waals surface area contributed by atoms with E-state index in [1.54, 1.807) is 0 Å². The topological polar surface area (TPSA) is 120 Å². The number of carboxylic acid groups (broad SMARTS) is 1. The summed E-state index contributed by atoms with van der Waals surface area (Å²) >= 11 is 0. The molecule has 1 atom stereocenters. The zero-order valence-electron chi connectivity index (χ0n) is 7.08. The highest BCUT2D eigenvalue weighted by molar-refractivity contribution is 5.83. The molecule has 0 aromatic rings. The summed E-state index contributed by atoms with van der Waals surface area (Å²) in [5.41, 5.74) is 10.1. The summed E-state index contributed by atoms with van der Waals surface area (Å²) < 4.78 is 9.57. The molecule has 0 aromatic heterocycles. The molecule has 5 N–H and O–H groups in total. The Bertz CT molecular complexity index is 317. The van der Waals surface area contributed by atoms with Crippen LogP contribution < -0.4 is 11.5 Å². The standard InChI is InChI=1S/C7H9N3O4/c8-7(9)10-5(6(11)12)4-3-13-1-2-14-4/h1-3,5H,(H,11,12)(H4,8,9,10). The molecule has 0 radical (unpaired) electrons. The molecule has 0 aromatic carbocycles. The molecule has 1 unspecified atom stereocenters. The fourth-order valence-corrected chi connectivity index (χ4v) is 0.791. The van der Waals surface area contributed by atoms with E-state index < -0.39 is 12.0 Å². The number of nitrogens with zero attached hydrogens (tertiary/aromatic N) is 1. The number of nitrogens with two attached hydrogens (primary N) is 2. The maximum Gasteiger partial charge on any atom is 0.336 e. The van der Waals surface area contributed by atoms with E-state index in [0.717, 1.165) is 6.26 Å². The average Bonchev–Trinajstić information content (AvgIpc) is 2.15. The Kier molecular flexibility index (Phi) is 2.95. The Morgan fingerprint density at radius 3 is 2.64 bits per heavy atom. The molecule has 0 fully saturated rings. The van der Waals surface area contributed by atoms with Crippen LogP contribution in [-0.2, 0) is 14.3 Å². The summed E-state index contributed by atoms with van der Waals surface area (Å²) in [4.78, 5) is 14.2. The molecule has 14 heavy (non-hydrogen) atoms. The van der Waals surface area contributed by atoms with Gasteiger partial charge in [-0.25, -0.2) is 9.79 Å². The Labute approximate surface area is 79.3 Å². The van der Waals surface area contributed by atoms with Gasteiger partial charge in [0, 0.05) is 0 Å². The quantitative estimate of drug-likeness (QED) is 0.399. The van der Waals surface area contributed by atoms with Gasteiger partial charge in [0.2, 0.25) is 6.04 Å². The summed E-state index contributed by atoms with van der Waals surface area (Å²) in [6.07, 6.45) is 3.55. The predicted molar refractivity (Wildman–Crippen MR) is 46.6 cm³/mol. The van der Waals surface area contributed by atoms with E-state index in [1.165, 1.54) is 12.5 Å². The van der Waals surface area contributed by atoms with Gasteiger partial charge >= 0.3 is 5.97 Å². The third-order valence-corrected chi connectivity index (χ3v) is 1.30. The number of guanidine groups is 1. The maximum absolute atomic E-state index is 10.7. The number of hydrogen-bond acceptors (Lipinski definition) is 4. The van der Waals surface area contributed by atoms with E-state index in [-0.39, 0.29) is 11.7 Å². The predicted octanol–water partition coefficient (Wildman–Crippen LogP) is -0.928. The van der Waals surface area contributed by atoms with Gasteiger partial charge in [0.15, 0.2) is 11.7 Å². The minimum Gasteiger partial charge on any atom is -0.479 e. The molecular weight excluding hydrogens is 190 g/mol. The molecule has 1 heterocycles. The second-order valence-corrected chi connectivity index (χ2v) is 2.34. The van der Waals surface area contributed by atoms with E-state index in [9.17, 15) is 4.79 Å². The van der Waals surface area contributed by atoms with Crippen LogP contribution in [0.2, 0.25) is 0 Å². The lowest BCUT2D eigenvalue weighted by molar-refractivity contribution is -0.138. The molecule has 1 rings (SSSR count).